The first kappa shape index (κ1) is 18.9. The van der Waals surface area contributed by atoms with Crippen molar-refractivity contribution in [2.24, 2.45) is 13.0 Å². The van der Waals surface area contributed by atoms with E-state index in [1.807, 2.05) is 0 Å². The molecule has 1 saturated carbocycles. The van der Waals surface area contributed by atoms with Crippen LogP contribution >= 0.6 is 0 Å². The van der Waals surface area contributed by atoms with E-state index in [1.165, 1.54) is 87.2 Å². The maximum absolute atomic E-state index is 6.75. The van der Waals surface area contributed by atoms with Gasteiger partial charge in [-0.2, -0.15) is 0 Å². The minimum atomic E-state index is 0.830. The summed E-state index contributed by atoms with van der Waals surface area (Å²) >= 11 is 0. The zero-order valence-electron chi connectivity index (χ0n) is 19.0. The summed E-state index contributed by atoms with van der Waals surface area (Å²) in [6, 6.07) is 13.8. The van der Waals surface area contributed by atoms with E-state index in [1.54, 1.807) is 0 Å². The third kappa shape index (κ3) is 2.81. The van der Waals surface area contributed by atoms with E-state index < -0.39 is 0 Å². The number of hydrogen-bond acceptors (Lipinski definition) is 1. The number of ether oxygens (including phenoxy) is 1. The molecule has 31 heavy (non-hydrogen) atoms. The van der Waals surface area contributed by atoms with Gasteiger partial charge in [0.25, 0.3) is 0 Å². The molecule has 0 bridgehead atoms. The van der Waals surface area contributed by atoms with E-state index in [4.69, 9.17) is 4.74 Å². The van der Waals surface area contributed by atoms with Crippen LogP contribution in [-0.2, 0) is 13.5 Å². The molecule has 3 aromatic carbocycles. The molecule has 1 aliphatic carbocycles. The number of rotatable bonds is 2. The lowest BCUT2D eigenvalue weighted by Crippen LogP contribution is -2.32. The highest BCUT2D eigenvalue weighted by atomic mass is 16.5. The van der Waals surface area contributed by atoms with Crippen molar-refractivity contribution in [1.82, 2.24) is 0 Å². The van der Waals surface area contributed by atoms with Crippen molar-refractivity contribution in [3.8, 4) is 22.8 Å². The van der Waals surface area contributed by atoms with Gasteiger partial charge in [-0.3, -0.25) is 0 Å². The minimum absolute atomic E-state index is 0.830. The topological polar surface area (TPSA) is 13.1 Å². The SMILES string of the molecule is Cc1ccc2c(C)c3c(c(C)c2c1)-c1c2c(cc(CC4CCCC4)cc2cc[n+]1C)O3. The summed E-state index contributed by atoms with van der Waals surface area (Å²) in [4.78, 5) is 0. The minimum Gasteiger partial charge on any atom is -0.455 e. The van der Waals surface area contributed by atoms with Gasteiger partial charge in [0.15, 0.2) is 6.20 Å². The summed E-state index contributed by atoms with van der Waals surface area (Å²) in [7, 11) is 2.16. The third-order valence-electron chi connectivity index (χ3n) is 7.63. The molecule has 2 heterocycles. The second-order valence-corrected chi connectivity index (χ2v) is 9.79. The van der Waals surface area contributed by atoms with E-state index >= 15 is 0 Å². The number of aromatic nitrogens is 1. The molecule has 2 heteroatoms. The maximum Gasteiger partial charge on any atom is 0.228 e. The van der Waals surface area contributed by atoms with Crippen LogP contribution < -0.4 is 9.30 Å². The Hall–Kier alpha value is -2.87. The molecule has 0 amide bonds. The fraction of sp³-hybridized carbons (Fsp3) is 0.345. The maximum atomic E-state index is 6.75. The van der Waals surface area contributed by atoms with Gasteiger partial charge in [0.05, 0.1) is 10.9 Å². The number of benzene rings is 3. The second kappa shape index (κ2) is 6.82. The molecule has 156 valence electrons. The second-order valence-electron chi connectivity index (χ2n) is 9.79. The summed E-state index contributed by atoms with van der Waals surface area (Å²) in [5.74, 6) is 2.89. The Bertz CT molecular complexity index is 1380. The highest BCUT2D eigenvalue weighted by Crippen LogP contribution is 2.50. The standard InChI is InChI=1S/C29H30NO/c1-17-9-10-23-19(3)29-26(18(2)24(23)13-17)28-27-22(11-12-30(28)4)15-21(16-25(27)31-29)14-20-7-5-6-8-20/h9-13,15-16,20H,5-8,14H2,1-4H3/q+1. The van der Waals surface area contributed by atoms with Gasteiger partial charge in [-0.1, -0.05) is 55.5 Å². The Morgan fingerprint density at radius 2 is 1.74 bits per heavy atom. The predicted molar refractivity (Wildman–Crippen MR) is 128 cm³/mol. The normalized spacial score (nSPS) is 15.5. The summed E-state index contributed by atoms with van der Waals surface area (Å²) in [5.41, 5.74) is 7.79. The van der Waals surface area contributed by atoms with E-state index in [0.29, 0.717) is 0 Å². The molecule has 0 unspecified atom stereocenters. The quantitative estimate of drug-likeness (QED) is 0.280. The van der Waals surface area contributed by atoms with E-state index in [9.17, 15) is 0 Å². The van der Waals surface area contributed by atoms with Gasteiger partial charge in [-0.15, -0.1) is 0 Å². The van der Waals surface area contributed by atoms with Crippen molar-refractivity contribution in [3.05, 3.63) is 64.8 Å². The monoisotopic (exact) mass is 408 g/mol. The Kier molecular flexibility index (Phi) is 4.15. The van der Waals surface area contributed by atoms with Crippen LogP contribution in [0, 0.1) is 26.7 Å². The lowest BCUT2D eigenvalue weighted by atomic mass is 9.87. The lowest BCUT2D eigenvalue weighted by molar-refractivity contribution is -0.659. The van der Waals surface area contributed by atoms with Gasteiger partial charge in [0, 0.05) is 11.6 Å². The molecule has 1 fully saturated rings. The van der Waals surface area contributed by atoms with Crippen molar-refractivity contribution in [2.75, 3.05) is 0 Å². The van der Waals surface area contributed by atoms with Crippen molar-refractivity contribution >= 4 is 21.5 Å². The van der Waals surface area contributed by atoms with Crippen LogP contribution in [-0.4, -0.2) is 0 Å². The fourth-order valence-corrected chi connectivity index (χ4v) is 6.00. The molecule has 0 atom stereocenters. The van der Waals surface area contributed by atoms with Gasteiger partial charge < -0.3 is 4.74 Å². The Morgan fingerprint density at radius 1 is 0.935 bits per heavy atom. The highest BCUT2D eigenvalue weighted by Gasteiger charge is 2.32. The van der Waals surface area contributed by atoms with Gasteiger partial charge in [0.2, 0.25) is 5.69 Å². The molecule has 1 aromatic heterocycles. The molecule has 0 N–H and O–H groups in total. The molecule has 1 aliphatic heterocycles. The number of aryl methyl sites for hydroxylation is 4. The van der Waals surface area contributed by atoms with Crippen LogP contribution in [0.4, 0.5) is 0 Å². The predicted octanol–water partition coefficient (Wildman–Crippen LogP) is 7.25. The smallest absolute Gasteiger partial charge is 0.228 e. The van der Waals surface area contributed by atoms with Crippen molar-refractivity contribution in [1.29, 1.82) is 0 Å². The van der Waals surface area contributed by atoms with E-state index in [0.717, 1.165) is 17.4 Å². The Balaban J connectivity index is 1.64. The zero-order chi connectivity index (χ0) is 21.3. The highest BCUT2D eigenvalue weighted by molar-refractivity contribution is 6.06. The molecule has 0 spiro atoms. The Morgan fingerprint density at radius 3 is 2.55 bits per heavy atom. The number of pyridine rings is 1. The third-order valence-corrected chi connectivity index (χ3v) is 7.63. The molecule has 4 aromatic rings. The van der Waals surface area contributed by atoms with Gasteiger partial charge >= 0.3 is 0 Å². The first-order valence-electron chi connectivity index (χ1n) is 11.7. The van der Waals surface area contributed by atoms with Gasteiger partial charge in [-0.25, -0.2) is 4.57 Å². The van der Waals surface area contributed by atoms with Gasteiger partial charge in [-0.05, 0) is 66.5 Å². The van der Waals surface area contributed by atoms with Crippen molar-refractivity contribution in [3.63, 3.8) is 0 Å². The van der Waals surface area contributed by atoms with Crippen LogP contribution in [0.15, 0.2) is 42.6 Å². The van der Waals surface area contributed by atoms with Gasteiger partial charge in [0.1, 0.15) is 18.5 Å². The lowest BCUT2D eigenvalue weighted by Gasteiger charge is -2.25. The zero-order valence-corrected chi connectivity index (χ0v) is 19.0. The van der Waals surface area contributed by atoms with Crippen LogP contribution in [0.25, 0.3) is 32.8 Å². The number of fused-ring (bicyclic) bond motifs is 3. The summed E-state index contributed by atoms with van der Waals surface area (Å²) < 4.78 is 9.02. The van der Waals surface area contributed by atoms with Crippen molar-refractivity contribution < 1.29 is 9.30 Å². The van der Waals surface area contributed by atoms with Crippen LogP contribution in [0.3, 0.4) is 0 Å². The molecule has 2 aliphatic rings. The average Bonchev–Trinajstić information content (AvgIpc) is 3.26. The first-order valence-corrected chi connectivity index (χ1v) is 11.7. The average molecular weight is 409 g/mol. The summed E-state index contributed by atoms with van der Waals surface area (Å²) in [6.07, 6.45) is 8.90. The molecular formula is C29H30NO+. The van der Waals surface area contributed by atoms with Crippen LogP contribution in [0.1, 0.15) is 47.9 Å². The number of nitrogens with zero attached hydrogens (tertiary/aromatic N) is 1. The molecule has 0 saturated heterocycles. The van der Waals surface area contributed by atoms with E-state index in [2.05, 4.69) is 75.0 Å². The van der Waals surface area contributed by atoms with Crippen LogP contribution in [0.5, 0.6) is 11.5 Å². The summed E-state index contributed by atoms with van der Waals surface area (Å²) in [6.45, 7) is 6.64. The van der Waals surface area contributed by atoms with E-state index in [-0.39, 0.29) is 0 Å². The molecule has 0 radical (unpaired) electrons. The molecule has 6 rings (SSSR count). The van der Waals surface area contributed by atoms with Crippen LogP contribution in [0.2, 0.25) is 0 Å². The molecular weight excluding hydrogens is 378 g/mol. The number of hydrogen-bond donors (Lipinski definition) is 0. The molecule has 2 nitrogen and oxygen atoms in total. The summed E-state index contributed by atoms with van der Waals surface area (Å²) in [5, 5.41) is 5.17. The van der Waals surface area contributed by atoms with Crippen molar-refractivity contribution in [2.45, 2.75) is 52.9 Å². The largest absolute Gasteiger partial charge is 0.455 e. The first-order chi connectivity index (χ1) is 15.0. The fourth-order valence-electron chi connectivity index (χ4n) is 6.00. The Labute approximate surface area is 184 Å².